The summed E-state index contributed by atoms with van der Waals surface area (Å²) in [7, 11) is 0. The van der Waals surface area contributed by atoms with E-state index in [1.54, 1.807) is 30.6 Å². The summed E-state index contributed by atoms with van der Waals surface area (Å²) in [6.07, 6.45) is 5.05. The molecule has 3 N–H and O–H groups in total. The lowest BCUT2D eigenvalue weighted by molar-refractivity contribution is -0.112. The Labute approximate surface area is 120 Å². The average Bonchev–Trinajstić information content (AvgIpc) is 2.87. The Morgan fingerprint density at radius 1 is 1.29 bits per heavy atom. The summed E-state index contributed by atoms with van der Waals surface area (Å²) in [4.78, 5) is 18.9. The van der Waals surface area contributed by atoms with Gasteiger partial charge in [-0.05, 0) is 35.9 Å². The van der Waals surface area contributed by atoms with Crippen LogP contribution in [0.15, 0.2) is 48.8 Å². The summed E-state index contributed by atoms with van der Waals surface area (Å²) in [6.45, 7) is 0. The number of H-pyrrole nitrogens is 1. The van der Waals surface area contributed by atoms with Crippen LogP contribution >= 0.6 is 0 Å². The van der Waals surface area contributed by atoms with E-state index in [1.165, 1.54) is 18.2 Å². The Balaban J connectivity index is 2.15. The number of fused-ring (bicyclic) bond motifs is 1. The number of halogens is 1. The van der Waals surface area contributed by atoms with E-state index in [2.05, 4.69) is 9.97 Å². The summed E-state index contributed by atoms with van der Waals surface area (Å²) < 4.78 is 13.3. The highest BCUT2D eigenvalue weighted by atomic mass is 19.1. The Hall–Kier alpha value is -2.95. The lowest BCUT2D eigenvalue weighted by Crippen LogP contribution is -2.12. The SMILES string of the molecule is NC(=O)/C(=C\c1c[nH]c2ncccc12)c1cccc(F)c1. The molecule has 0 aliphatic carbocycles. The molecule has 0 unspecified atom stereocenters. The summed E-state index contributed by atoms with van der Waals surface area (Å²) >= 11 is 0. The highest BCUT2D eigenvalue weighted by Gasteiger charge is 2.11. The number of hydrogen-bond donors (Lipinski definition) is 2. The third-order valence-electron chi connectivity index (χ3n) is 3.18. The number of nitrogens with two attached hydrogens (primary N) is 1. The van der Waals surface area contributed by atoms with Crippen LogP contribution in [0.3, 0.4) is 0 Å². The van der Waals surface area contributed by atoms with Gasteiger partial charge in [-0.3, -0.25) is 4.79 Å². The van der Waals surface area contributed by atoms with Gasteiger partial charge in [-0.2, -0.15) is 0 Å². The molecule has 0 saturated carbocycles. The fraction of sp³-hybridized carbons (Fsp3) is 0. The first-order valence-electron chi connectivity index (χ1n) is 6.34. The second-order valence-electron chi connectivity index (χ2n) is 4.58. The molecule has 0 spiro atoms. The first-order chi connectivity index (χ1) is 10.1. The quantitative estimate of drug-likeness (QED) is 0.724. The number of primary amides is 1. The van der Waals surface area contributed by atoms with Gasteiger partial charge in [-0.25, -0.2) is 9.37 Å². The number of amides is 1. The lowest BCUT2D eigenvalue weighted by atomic mass is 10.0. The predicted molar refractivity (Wildman–Crippen MR) is 79.6 cm³/mol. The molecule has 0 fully saturated rings. The van der Waals surface area contributed by atoms with E-state index in [-0.39, 0.29) is 5.57 Å². The van der Waals surface area contributed by atoms with Gasteiger partial charge in [0.25, 0.3) is 0 Å². The van der Waals surface area contributed by atoms with Crippen molar-refractivity contribution < 1.29 is 9.18 Å². The Morgan fingerprint density at radius 3 is 2.90 bits per heavy atom. The van der Waals surface area contributed by atoms with Crippen LogP contribution in [0.1, 0.15) is 11.1 Å². The maximum absolute atomic E-state index is 13.3. The van der Waals surface area contributed by atoms with E-state index in [1.807, 2.05) is 6.07 Å². The molecule has 2 aromatic heterocycles. The predicted octanol–water partition coefficient (Wildman–Crippen LogP) is 2.73. The molecule has 2 heterocycles. The monoisotopic (exact) mass is 281 g/mol. The highest BCUT2D eigenvalue weighted by Crippen LogP contribution is 2.23. The van der Waals surface area contributed by atoms with Crippen LogP contribution in [0.4, 0.5) is 4.39 Å². The number of benzene rings is 1. The number of aromatic nitrogens is 2. The molecule has 3 rings (SSSR count). The molecule has 3 aromatic rings. The van der Waals surface area contributed by atoms with Gasteiger partial charge in [-0.15, -0.1) is 0 Å². The minimum absolute atomic E-state index is 0.249. The molecular formula is C16H12FN3O. The van der Waals surface area contributed by atoms with Crippen molar-refractivity contribution in [2.45, 2.75) is 0 Å². The van der Waals surface area contributed by atoms with Crippen molar-refractivity contribution in [2.75, 3.05) is 0 Å². The van der Waals surface area contributed by atoms with E-state index in [9.17, 15) is 9.18 Å². The minimum Gasteiger partial charge on any atom is -0.366 e. The molecule has 0 aliphatic rings. The molecule has 4 nitrogen and oxygen atoms in total. The van der Waals surface area contributed by atoms with Gasteiger partial charge < -0.3 is 10.7 Å². The number of aromatic amines is 1. The number of nitrogens with zero attached hydrogens (tertiary/aromatic N) is 1. The van der Waals surface area contributed by atoms with Gasteiger partial charge in [0.15, 0.2) is 0 Å². The van der Waals surface area contributed by atoms with E-state index >= 15 is 0 Å². The van der Waals surface area contributed by atoms with Crippen LogP contribution < -0.4 is 5.73 Å². The maximum Gasteiger partial charge on any atom is 0.249 e. The second kappa shape index (κ2) is 5.20. The number of hydrogen-bond acceptors (Lipinski definition) is 2. The van der Waals surface area contributed by atoms with Crippen molar-refractivity contribution in [3.05, 3.63) is 65.7 Å². The number of rotatable bonds is 3. The molecule has 104 valence electrons. The normalized spacial score (nSPS) is 11.8. The van der Waals surface area contributed by atoms with E-state index in [0.717, 1.165) is 10.9 Å². The molecule has 0 radical (unpaired) electrons. The van der Waals surface area contributed by atoms with Crippen LogP contribution in [0.5, 0.6) is 0 Å². The van der Waals surface area contributed by atoms with Crippen molar-refractivity contribution in [3.8, 4) is 0 Å². The molecule has 1 aromatic carbocycles. The third-order valence-corrected chi connectivity index (χ3v) is 3.18. The van der Waals surface area contributed by atoms with Crippen molar-refractivity contribution in [1.29, 1.82) is 0 Å². The molecular weight excluding hydrogens is 269 g/mol. The van der Waals surface area contributed by atoms with Gasteiger partial charge in [0.2, 0.25) is 5.91 Å². The Bertz CT molecular complexity index is 851. The molecule has 0 aliphatic heterocycles. The van der Waals surface area contributed by atoms with Crippen LogP contribution in [-0.2, 0) is 4.79 Å². The molecule has 5 heteroatoms. The summed E-state index contributed by atoms with van der Waals surface area (Å²) in [6, 6.07) is 9.47. The molecule has 0 bridgehead atoms. The topological polar surface area (TPSA) is 71.8 Å². The van der Waals surface area contributed by atoms with Crippen molar-refractivity contribution in [2.24, 2.45) is 5.73 Å². The zero-order valence-corrected chi connectivity index (χ0v) is 11.0. The highest BCUT2D eigenvalue weighted by molar-refractivity contribution is 6.24. The molecule has 0 saturated heterocycles. The smallest absolute Gasteiger partial charge is 0.249 e. The number of carbonyl (C=O) groups is 1. The van der Waals surface area contributed by atoms with Crippen molar-refractivity contribution in [1.82, 2.24) is 9.97 Å². The maximum atomic E-state index is 13.3. The summed E-state index contributed by atoms with van der Waals surface area (Å²) in [5, 5.41) is 0.868. The third kappa shape index (κ3) is 2.53. The largest absolute Gasteiger partial charge is 0.366 e. The van der Waals surface area contributed by atoms with E-state index < -0.39 is 11.7 Å². The second-order valence-corrected chi connectivity index (χ2v) is 4.58. The zero-order chi connectivity index (χ0) is 14.8. The van der Waals surface area contributed by atoms with E-state index in [4.69, 9.17) is 5.73 Å². The first-order valence-corrected chi connectivity index (χ1v) is 6.34. The van der Waals surface area contributed by atoms with Gasteiger partial charge >= 0.3 is 0 Å². The van der Waals surface area contributed by atoms with Crippen LogP contribution in [-0.4, -0.2) is 15.9 Å². The lowest BCUT2D eigenvalue weighted by Gasteiger charge is -2.04. The fourth-order valence-electron chi connectivity index (χ4n) is 2.20. The summed E-state index contributed by atoms with van der Waals surface area (Å²) in [5.41, 5.74) is 7.61. The van der Waals surface area contributed by atoms with Crippen molar-refractivity contribution in [3.63, 3.8) is 0 Å². The van der Waals surface area contributed by atoms with Gasteiger partial charge in [0.1, 0.15) is 11.5 Å². The number of carbonyl (C=O) groups excluding carboxylic acids is 1. The van der Waals surface area contributed by atoms with Gasteiger partial charge in [-0.1, -0.05) is 12.1 Å². The first kappa shape index (κ1) is 13.1. The van der Waals surface area contributed by atoms with Gasteiger partial charge in [0, 0.05) is 28.9 Å². The van der Waals surface area contributed by atoms with Crippen LogP contribution in [0.25, 0.3) is 22.7 Å². The van der Waals surface area contributed by atoms with Crippen LogP contribution in [0, 0.1) is 5.82 Å². The number of pyridine rings is 1. The molecule has 21 heavy (non-hydrogen) atoms. The standard InChI is InChI=1S/C16H12FN3O/c17-12-4-1-3-10(7-12)14(15(18)21)8-11-9-20-16-13(11)5-2-6-19-16/h1-9H,(H2,18,21)(H,19,20)/b14-8-. The van der Waals surface area contributed by atoms with Crippen LogP contribution in [0.2, 0.25) is 0 Å². The fourth-order valence-corrected chi connectivity index (χ4v) is 2.20. The van der Waals surface area contributed by atoms with Crippen molar-refractivity contribution >= 4 is 28.6 Å². The van der Waals surface area contributed by atoms with Gasteiger partial charge in [0.05, 0.1) is 0 Å². The Kier molecular flexibility index (Phi) is 3.23. The molecule has 1 amide bonds. The van der Waals surface area contributed by atoms with E-state index in [0.29, 0.717) is 11.2 Å². The minimum atomic E-state index is -0.612. The Morgan fingerprint density at radius 2 is 2.14 bits per heavy atom. The number of nitrogens with one attached hydrogen (secondary N) is 1. The zero-order valence-electron chi connectivity index (χ0n) is 11.0. The average molecular weight is 281 g/mol. The molecule has 0 atom stereocenters. The summed E-state index contributed by atoms with van der Waals surface area (Å²) in [5.74, 6) is -1.03.